The standard InChI is InChI=1S/C21H17N5O4S/c22-19(27)16-9-12(5-8-24-16)11-30-13-1-3-14(4-2-13)31-17-10-23-7-6-15(17)18-20(28)26-21(29)25-18/h1-10,18H,11H2,(H2,22,27)(H2,25,26,28,29). The van der Waals surface area contributed by atoms with Crippen molar-refractivity contribution in [3.05, 3.63) is 77.9 Å². The molecular formula is C21H17N5O4S. The van der Waals surface area contributed by atoms with Crippen LogP contribution in [0.25, 0.3) is 0 Å². The largest absolute Gasteiger partial charge is 0.489 e. The number of nitrogens with zero attached hydrogens (tertiary/aromatic N) is 2. The first kappa shape index (κ1) is 20.4. The normalized spacial score (nSPS) is 15.3. The van der Waals surface area contributed by atoms with Gasteiger partial charge in [0.1, 0.15) is 24.1 Å². The van der Waals surface area contributed by atoms with Crippen molar-refractivity contribution >= 4 is 29.6 Å². The van der Waals surface area contributed by atoms with Crippen molar-refractivity contribution in [3.63, 3.8) is 0 Å². The number of hydrogen-bond donors (Lipinski definition) is 3. The van der Waals surface area contributed by atoms with Crippen molar-refractivity contribution < 1.29 is 19.1 Å². The van der Waals surface area contributed by atoms with Gasteiger partial charge in [0, 0.05) is 33.9 Å². The third-order valence-electron chi connectivity index (χ3n) is 4.44. The van der Waals surface area contributed by atoms with Gasteiger partial charge in [-0.05, 0) is 48.0 Å². The van der Waals surface area contributed by atoms with Gasteiger partial charge in [-0.1, -0.05) is 11.8 Å². The predicted octanol–water partition coefficient (Wildman–Crippen LogP) is 2.19. The molecule has 156 valence electrons. The number of imide groups is 1. The first-order chi connectivity index (χ1) is 15.0. The Morgan fingerprint density at radius 2 is 1.94 bits per heavy atom. The fraction of sp³-hybridized carbons (Fsp3) is 0.0952. The lowest BCUT2D eigenvalue weighted by Crippen LogP contribution is -2.22. The fourth-order valence-electron chi connectivity index (χ4n) is 2.95. The molecule has 31 heavy (non-hydrogen) atoms. The number of amides is 4. The molecule has 3 heterocycles. The van der Waals surface area contributed by atoms with E-state index in [0.29, 0.717) is 11.3 Å². The van der Waals surface area contributed by atoms with Crippen LogP contribution >= 0.6 is 11.8 Å². The molecule has 2 aromatic heterocycles. The number of rotatable bonds is 7. The average Bonchev–Trinajstić information content (AvgIpc) is 3.11. The number of primary amides is 1. The molecule has 3 aromatic rings. The van der Waals surface area contributed by atoms with Crippen LogP contribution in [-0.2, 0) is 11.4 Å². The van der Waals surface area contributed by atoms with Crippen molar-refractivity contribution in [3.8, 4) is 5.75 Å². The van der Waals surface area contributed by atoms with Gasteiger partial charge in [0.15, 0.2) is 0 Å². The molecule has 9 nitrogen and oxygen atoms in total. The summed E-state index contributed by atoms with van der Waals surface area (Å²) >= 11 is 1.42. The highest BCUT2D eigenvalue weighted by Crippen LogP contribution is 2.34. The number of urea groups is 1. The SMILES string of the molecule is NC(=O)c1cc(COc2ccc(Sc3cnccc3C3NC(=O)NC3=O)cc2)ccn1. The van der Waals surface area contributed by atoms with Crippen LogP contribution in [0, 0.1) is 0 Å². The average molecular weight is 435 g/mol. The minimum atomic E-state index is -0.744. The van der Waals surface area contributed by atoms with Gasteiger partial charge in [0.25, 0.3) is 11.8 Å². The first-order valence-corrected chi connectivity index (χ1v) is 10.0. The van der Waals surface area contributed by atoms with E-state index in [4.69, 9.17) is 10.5 Å². The van der Waals surface area contributed by atoms with Crippen molar-refractivity contribution in [2.75, 3.05) is 0 Å². The van der Waals surface area contributed by atoms with E-state index in [0.717, 1.165) is 15.4 Å². The van der Waals surface area contributed by atoms with E-state index in [9.17, 15) is 14.4 Å². The molecular weight excluding hydrogens is 418 g/mol. The molecule has 0 radical (unpaired) electrons. The second-order valence-electron chi connectivity index (χ2n) is 6.58. The summed E-state index contributed by atoms with van der Waals surface area (Å²) in [6.07, 6.45) is 4.75. The summed E-state index contributed by atoms with van der Waals surface area (Å²) in [6, 6.07) is 11.2. The Labute approximate surface area is 181 Å². The number of benzene rings is 1. The number of nitrogens with one attached hydrogen (secondary N) is 2. The molecule has 0 saturated carbocycles. The van der Waals surface area contributed by atoms with Crippen LogP contribution in [0.4, 0.5) is 4.79 Å². The molecule has 1 atom stereocenters. The highest BCUT2D eigenvalue weighted by atomic mass is 32.2. The Hall–Kier alpha value is -3.92. The molecule has 0 aliphatic carbocycles. The molecule has 0 bridgehead atoms. The van der Waals surface area contributed by atoms with Gasteiger partial charge in [-0.15, -0.1) is 0 Å². The van der Waals surface area contributed by atoms with Gasteiger partial charge in [0.2, 0.25) is 0 Å². The van der Waals surface area contributed by atoms with E-state index < -0.39 is 23.9 Å². The van der Waals surface area contributed by atoms with Gasteiger partial charge in [-0.2, -0.15) is 0 Å². The summed E-state index contributed by atoms with van der Waals surface area (Å²) in [7, 11) is 0. The molecule has 10 heteroatoms. The molecule has 0 spiro atoms. The number of ether oxygens (including phenoxy) is 1. The van der Waals surface area contributed by atoms with E-state index in [1.165, 1.54) is 18.0 Å². The van der Waals surface area contributed by atoms with E-state index in [1.807, 2.05) is 24.3 Å². The maximum Gasteiger partial charge on any atom is 0.322 e. The predicted molar refractivity (Wildman–Crippen MR) is 111 cm³/mol. The molecule has 1 fully saturated rings. The number of aromatic nitrogens is 2. The van der Waals surface area contributed by atoms with Gasteiger partial charge in [-0.25, -0.2) is 4.79 Å². The van der Waals surface area contributed by atoms with Gasteiger partial charge >= 0.3 is 6.03 Å². The maximum atomic E-state index is 12.0. The Morgan fingerprint density at radius 1 is 1.13 bits per heavy atom. The van der Waals surface area contributed by atoms with Crippen LogP contribution in [0.2, 0.25) is 0 Å². The van der Waals surface area contributed by atoms with Crippen LogP contribution in [0.1, 0.15) is 27.7 Å². The minimum Gasteiger partial charge on any atom is -0.489 e. The lowest BCUT2D eigenvalue weighted by molar-refractivity contribution is -0.120. The van der Waals surface area contributed by atoms with Crippen LogP contribution in [0.3, 0.4) is 0 Å². The Balaban J connectivity index is 1.43. The van der Waals surface area contributed by atoms with Crippen molar-refractivity contribution in [2.24, 2.45) is 5.73 Å². The topological polar surface area (TPSA) is 136 Å². The van der Waals surface area contributed by atoms with Crippen molar-refractivity contribution in [1.29, 1.82) is 0 Å². The smallest absolute Gasteiger partial charge is 0.322 e. The molecule has 4 N–H and O–H groups in total. The van der Waals surface area contributed by atoms with Gasteiger partial charge in [-0.3, -0.25) is 24.9 Å². The van der Waals surface area contributed by atoms with Gasteiger partial charge in [0.05, 0.1) is 0 Å². The number of carbonyl (C=O) groups excluding carboxylic acids is 3. The van der Waals surface area contributed by atoms with Crippen LogP contribution < -0.4 is 21.1 Å². The van der Waals surface area contributed by atoms with Crippen LogP contribution in [-0.4, -0.2) is 27.8 Å². The zero-order valence-electron chi connectivity index (χ0n) is 16.1. The summed E-state index contributed by atoms with van der Waals surface area (Å²) in [5, 5.41) is 4.84. The van der Waals surface area contributed by atoms with Crippen LogP contribution in [0.5, 0.6) is 5.75 Å². The van der Waals surface area contributed by atoms with E-state index >= 15 is 0 Å². The zero-order chi connectivity index (χ0) is 21.8. The quantitative estimate of drug-likeness (QED) is 0.484. The summed E-state index contributed by atoms with van der Waals surface area (Å²) in [5.74, 6) is -0.333. The third kappa shape index (κ3) is 4.81. The Kier molecular flexibility index (Phi) is 5.80. The lowest BCUT2D eigenvalue weighted by Gasteiger charge is -2.13. The molecule has 1 aliphatic heterocycles. The molecule has 1 aromatic carbocycles. The minimum absolute atomic E-state index is 0.187. The Morgan fingerprint density at radius 3 is 2.65 bits per heavy atom. The maximum absolute atomic E-state index is 12.0. The van der Waals surface area contributed by atoms with E-state index in [2.05, 4.69) is 20.6 Å². The monoisotopic (exact) mass is 435 g/mol. The summed E-state index contributed by atoms with van der Waals surface area (Å²) in [5.41, 5.74) is 6.88. The summed E-state index contributed by atoms with van der Waals surface area (Å²) in [4.78, 5) is 44.4. The Bertz CT molecular complexity index is 1150. The second-order valence-corrected chi connectivity index (χ2v) is 7.70. The zero-order valence-corrected chi connectivity index (χ0v) is 16.9. The lowest BCUT2D eigenvalue weighted by atomic mass is 10.1. The third-order valence-corrected chi connectivity index (χ3v) is 5.50. The summed E-state index contributed by atoms with van der Waals surface area (Å²) in [6.45, 7) is 0.262. The highest BCUT2D eigenvalue weighted by Gasteiger charge is 2.32. The summed E-state index contributed by atoms with van der Waals surface area (Å²) < 4.78 is 5.76. The number of hydrogen-bond acceptors (Lipinski definition) is 7. The van der Waals surface area contributed by atoms with Crippen molar-refractivity contribution in [1.82, 2.24) is 20.6 Å². The van der Waals surface area contributed by atoms with E-state index in [-0.39, 0.29) is 12.3 Å². The molecule has 1 aliphatic rings. The molecule has 1 unspecified atom stereocenters. The second kappa shape index (κ2) is 8.84. The molecule has 1 saturated heterocycles. The number of nitrogens with two attached hydrogens (primary N) is 1. The molecule has 4 rings (SSSR count). The van der Waals surface area contributed by atoms with Gasteiger partial charge < -0.3 is 15.8 Å². The number of pyridine rings is 2. The highest BCUT2D eigenvalue weighted by molar-refractivity contribution is 7.99. The van der Waals surface area contributed by atoms with Crippen LogP contribution in [0.15, 0.2) is 70.8 Å². The van der Waals surface area contributed by atoms with Crippen molar-refractivity contribution in [2.45, 2.75) is 22.4 Å². The number of carbonyl (C=O) groups is 3. The fourth-order valence-corrected chi connectivity index (χ4v) is 3.89. The molecule has 4 amide bonds. The first-order valence-electron chi connectivity index (χ1n) is 9.20. The van der Waals surface area contributed by atoms with E-state index in [1.54, 1.807) is 30.6 Å².